The molecule has 1 aliphatic rings. The first-order chi connectivity index (χ1) is 7.13. The van der Waals surface area contributed by atoms with Crippen LogP contribution < -0.4 is 0 Å². The van der Waals surface area contributed by atoms with Crippen LogP contribution in [0.25, 0.3) is 0 Å². The lowest BCUT2D eigenvalue weighted by atomic mass is 9.96. The molecule has 1 saturated heterocycles. The molecule has 2 heteroatoms. The SMILES string of the molecule is COC[C@@H]1O[C@H]1c1c(C)cc(C)cc1C. The van der Waals surface area contributed by atoms with Crippen molar-refractivity contribution in [3.05, 3.63) is 34.4 Å². The number of hydrogen-bond donors (Lipinski definition) is 0. The van der Waals surface area contributed by atoms with E-state index in [1.54, 1.807) is 7.11 Å². The van der Waals surface area contributed by atoms with Gasteiger partial charge < -0.3 is 9.47 Å². The fourth-order valence-corrected chi connectivity index (χ4v) is 2.33. The van der Waals surface area contributed by atoms with Crippen molar-refractivity contribution in [2.24, 2.45) is 0 Å². The molecule has 0 unspecified atom stereocenters. The van der Waals surface area contributed by atoms with Crippen LogP contribution in [0.3, 0.4) is 0 Å². The zero-order valence-corrected chi connectivity index (χ0v) is 9.83. The van der Waals surface area contributed by atoms with Crippen molar-refractivity contribution in [2.45, 2.75) is 33.0 Å². The van der Waals surface area contributed by atoms with Gasteiger partial charge >= 0.3 is 0 Å². The molecule has 15 heavy (non-hydrogen) atoms. The Labute approximate surface area is 91.2 Å². The predicted molar refractivity (Wildman–Crippen MR) is 60.1 cm³/mol. The standard InChI is InChI=1S/C13H18O2/c1-8-5-9(2)12(10(3)6-8)13-11(15-13)7-14-4/h5-6,11,13H,7H2,1-4H3/t11-,13+/m0/s1. The summed E-state index contributed by atoms with van der Waals surface area (Å²) in [5.74, 6) is 0. The monoisotopic (exact) mass is 206 g/mol. The predicted octanol–water partition coefficient (Wildman–Crippen LogP) is 2.70. The van der Waals surface area contributed by atoms with E-state index in [4.69, 9.17) is 9.47 Å². The molecule has 1 heterocycles. The molecule has 0 aliphatic carbocycles. The van der Waals surface area contributed by atoms with Gasteiger partial charge in [-0.15, -0.1) is 0 Å². The Morgan fingerprint density at radius 2 is 1.80 bits per heavy atom. The smallest absolute Gasteiger partial charge is 0.112 e. The van der Waals surface area contributed by atoms with Crippen molar-refractivity contribution >= 4 is 0 Å². The van der Waals surface area contributed by atoms with Crippen LogP contribution in [0.4, 0.5) is 0 Å². The third-order valence-corrected chi connectivity index (χ3v) is 2.94. The van der Waals surface area contributed by atoms with Crippen LogP contribution in [-0.2, 0) is 9.47 Å². The third kappa shape index (κ3) is 2.06. The number of methoxy groups -OCH3 is 1. The van der Waals surface area contributed by atoms with E-state index in [2.05, 4.69) is 32.9 Å². The fraction of sp³-hybridized carbons (Fsp3) is 0.538. The Hall–Kier alpha value is -0.860. The van der Waals surface area contributed by atoms with Crippen LogP contribution >= 0.6 is 0 Å². The van der Waals surface area contributed by atoms with Crippen molar-refractivity contribution < 1.29 is 9.47 Å². The average molecular weight is 206 g/mol. The highest BCUT2D eigenvalue weighted by Gasteiger charge is 2.41. The minimum Gasteiger partial charge on any atom is -0.382 e. The number of ether oxygens (including phenoxy) is 2. The molecule has 0 aromatic heterocycles. The molecule has 0 spiro atoms. The van der Waals surface area contributed by atoms with E-state index in [-0.39, 0.29) is 12.2 Å². The highest BCUT2D eigenvalue weighted by atomic mass is 16.6. The maximum absolute atomic E-state index is 5.62. The molecule has 82 valence electrons. The summed E-state index contributed by atoms with van der Waals surface area (Å²) in [6, 6.07) is 4.43. The number of rotatable bonds is 3. The topological polar surface area (TPSA) is 21.8 Å². The van der Waals surface area contributed by atoms with E-state index in [9.17, 15) is 0 Å². The van der Waals surface area contributed by atoms with Gasteiger partial charge in [-0.3, -0.25) is 0 Å². The average Bonchev–Trinajstić information content (AvgIpc) is 2.82. The van der Waals surface area contributed by atoms with E-state index in [0.29, 0.717) is 6.61 Å². The van der Waals surface area contributed by atoms with E-state index in [1.165, 1.54) is 22.3 Å². The molecule has 0 amide bonds. The molecule has 0 bridgehead atoms. The largest absolute Gasteiger partial charge is 0.382 e. The van der Waals surface area contributed by atoms with Gasteiger partial charge in [-0.25, -0.2) is 0 Å². The van der Waals surface area contributed by atoms with Crippen molar-refractivity contribution in [1.29, 1.82) is 0 Å². The third-order valence-electron chi connectivity index (χ3n) is 2.94. The van der Waals surface area contributed by atoms with Gasteiger partial charge in [0.05, 0.1) is 6.61 Å². The molecule has 2 nitrogen and oxygen atoms in total. The molecule has 1 aromatic rings. The van der Waals surface area contributed by atoms with Crippen LogP contribution in [0.15, 0.2) is 12.1 Å². The molecule has 0 saturated carbocycles. The Bertz CT molecular complexity index is 348. The Balaban J connectivity index is 2.23. The van der Waals surface area contributed by atoms with Crippen LogP contribution in [-0.4, -0.2) is 19.8 Å². The van der Waals surface area contributed by atoms with Gasteiger partial charge in [0.2, 0.25) is 0 Å². The van der Waals surface area contributed by atoms with Crippen molar-refractivity contribution in [3.63, 3.8) is 0 Å². The number of hydrogen-bond acceptors (Lipinski definition) is 2. The van der Waals surface area contributed by atoms with Crippen LogP contribution in [0.1, 0.15) is 28.4 Å². The lowest BCUT2D eigenvalue weighted by Gasteiger charge is -2.08. The summed E-state index contributed by atoms with van der Waals surface area (Å²) in [4.78, 5) is 0. The fourth-order valence-electron chi connectivity index (χ4n) is 2.33. The Morgan fingerprint density at radius 1 is 1.20 bits per heavy atom. The lowest BCUT2D eigenvalue weighted by molar-refractivity contribution is 0.171. The minimum atomic E-state index is 0.255. The summed E-state index contributed by atoms with van der Waals surface area (Å²) < 4.78 is 10.7. The van der Waals surface area contributed by atoms with Gasteiger partial charge in [-0.05, 0) is 37.5 Å². The zero-order valence-electron chi connectivity index (χ0n) is 9.83. The zero-order chi connectivity index (χ0) is 11.0. The van der Waals surface area contributed by atoms with Gasteiger partial charge in [0.25, 0.3) is 0 Å². The van der Waals surface area contributed by atoms with Crippen molar-refractivity contribution in [1.82, 2.24) is 0 Å². The lowest BCUT2D eigenvalue weighted by Crippen LogP contribution is -2.01. The first kappa shape index (κ1) is 10.7. The molecule has 2 rings (SSSR count). The summed E-state index contributed by atoms with van der Waals surface area (Å²) in [5.41, 5.74) is 5.33. The Kier molecular flexibility index (Phi) is 2.81. The minimum absolute atomic E-state index is 0.255. The number of epoxide rings is 1. The van der Waals surface area contributed by atoms with Gasteiger partial charge in [-0.1, -0.05) is 17.7 Å². The van der Waals surface area contributed by atoms with E-state index in [1.807, 2.05) is 0 Å². The maximum atomic E-state index is 5.62. The van der Waals surface area contributed by atoms with Crippen molar-refractivity contribution in [3.8, 4) is 0 Å². The van der Waals surface area contributed by atoms with E-state index >= 15 is 0 Å². The summed E-state index contributed by atoms with van der Waals surface area (Å²) in [5, 5.41) is 0. The second-order valence-corrected chi connectivity index (χ2v) is 4.36. The molecule has 1 fully saturated rings. The second-order valence-electron chi connectivity index (χ2n) is 4.36. The molecular weight excluding hydrogens is 188 g/mol. The summed E-state index contributed by atoms with van der Waals surface area (Å²) in [7, 11) is 1.72. The summed E-state index contributed by atoms with van der Waals surface area (Å²) in [6.45, 7) is 7.13. The summed E-state index contributed by atoms with van der Waals surface area (Å²) in [6.07, 6.45) is 0.514. The van der Waals surface area contributed by atoms with Crippen molar-refractivity contribution in [2.75, 3.05) is 13.7 Å². The van der Waals surface area contributed by atoms with Crippen LogP contribution in [0, 0.1) is 20.8 Å². The quantitative estimate of drug-likeness (QED) is 0.709. The normalized spacial score (nSPS) is 24.3. The molecule has 1 aliphatic heterocycles. The first-order valence-corrected chi connectivity index (χ1v) is 5.35. The highest BCUT2D eigenvalue weighted by molar-refractivity contribution is 5.41. The van der Waals surface area contributed by atoms with Gasteiger partial charge in [0.1, 0.15) is 12.2 Å². The van der Waals surface area contributed by atoms with Gasteiger partial charge in [0, 0.05) is 7.11 Å². The van der Waals surface area contributed by atoms with E-state index < -0.39 is 0 Å². The number of benzene rings is 1. The van der Waals surface area contributed by atoms with Crippen LogP contribution in [0.2, 0.25) is 0 Å². The second kappa shape index (κ2) is 3.95. The molecule has 1 aromatic carbocycles. The molecule has 0 radical (unpaired) electrons. The van der Waals surface area contributed by atoms with Gasteiger partial charge in [0.15, 0.2) is 0 Å². The number of aryl methyl sites for hydroxylation is 3. The highest BCUT2D eigenvalue weighted by Crippen LogP contribution is 2.42. The molecular formula is C13H18O2. The summed E-state index contributed by atoms with van der Waals surface area (Å²) >= 11 is 0. The Morgan fingerprint density at radius 3 is 2.33 bits per heavy atom. The first-order valence-electron chi connectivity index (χ1n) is 5.35. The van der Waals surface area contributed by atoms with E-state index in [0.717, 1.165) is 0 Å². The maximum Gasteiger partial charge on any atom is 0.112 e. The molecule has 2 atom stereocenters. The molecule has 0 N–H and O–H groups in total. The van der Waals surface area contributed by atoms with Crippen LogP contribution in [0.5, 0.6) is 0 Å². The van der Waals surface area contributed by atoms with Gasteiger partial charge in [-0.2, -0.15) is 0 Å².